The highest BCUT2D eigenvalue weighted by atomic mass is 16.6. The molecular weight excluding hydrogens is 82.8 g/mol. The predicted octanol–water partition coefficient (Wildman–Crippen LogP) is -1.09. The van der Waals surface area contributed by atoms with Crippen molar-refractivity contribution in [3.63, 3.8) is 0 Å². The van der Waals surface area contributed by atoms with E-state index >= 15 is 0 Å². The number of carbonyl (C=O) groups excluding carboxylic acids is 2. The first kappa shape index (κ1) is 5.20. The molecule has 0 saturated carbocycles. The lowest BCUT2D eigenvalue weighted by Crippen LogP contribution is -1.96. The van der Waals surface area contributed by atoms with E-state index in [1.807, 2.05) is 0 Å². The number of carbonyl (C=O) groups is 2. The molecule has 0 spiro atoms. The third-order valence-corrected chi connectivity index (χ3v) is 0.214. The van der Waals surface area contributed by atoms with E-state index in [2.05, 4.69) is 4.74 Å². The van der Waals surface area contributed by atoms with Crippen LogP contribution in [0.3, 0.4) is 0 Å². The summed E-state index contributed by atoms with van der Waals surface area (Å²) in [5.74, 6) is -0.579. The van der Waals surface area contributed by atoms with E-state index in [0.717, 1.165) is 7.85 Å². The van der Waals surface area contributed by atoms with Crippen LogP contribution in [0.1, 0.15) is 0 Å². The highest BCUT2D eigenvalue weighted by Crippen LogP contribution is 1.61. The first-order valence-corrected chi connectivity index (χ1v) is 1.38. The Balaban J connectivity index is 3.05. The molecule has 0 unspecified atom stereocenters. The maximum atomic E-state index is 9.59. The standard InChI is InChI=1S/C2H3BO3/c3-2(5)6-1-4/h1H,3H2. The van der Waals surface area contributed by atoms with Gasteiger partial charge in [0.1, 0.15) is 0 Å². The maximum Gasteiger partial charge on any atom is 0.300 e. The lowest BCUT2D eigenvalue weighted by atomic mass is 10.2. The van der Waals surface area contributed by atoms with Crippen LogP contribution in [0.5, 0.6) is 0 Å². The van der Waals surface area contributed by atoms with Gasteiger partial charge in [0.15, 0.2) is 0 Å². The van der Waals surface area contributed by atoms with Crippen molar-refractivity contribution < 1.29 is 14.3 Å². The summed E-state index contributed by atoms with van der Waals surface area (Å²) in [5, 5.41) is 0. The molecule has 0 radical (unpaired) electrons. The van der Waals surface area contributed by atoms with Crippen molar-refractivity contribution in [2.75, 3.05) is 0 Å². The zero-order chi connectivity index (χ0) is 4.99. The minimum absolute atomic E-state index is 0.0995. The first-order chi connectivity index (χ1) is 2.77. The van der Waals surface area contributed by atoms with Gasteiger partial charge < -0.3 is 4.74 Å². The van der Waals surface area contributed by atoms with Crippen LogP contribution >= 0.6 is 0 Å². The summed E-state index contributed by atoms with van der Waals surface area (Å²) < 4.78 is 3.72. The van der Waals surface area contributed by atoms with Crippen molar-refractivity contribution in [1.29, 1.82) is 0 Å². The molecule has 0 heterocycles. The molecule has 0 fully saturated rings. The Morgan fingerprint density at radius 2 is 2.33 bits per heavy atom. The Bertz CT molecular complexity index is 69.2. The van der Waals surface area contributed by atoms with Gasteiger partial charge in [-0.25, -0.2) is 0 Å². The van der Waals surface area contributed by atoms with Crippen molar-refractivity contribution in [2.45, 2.75) is 0 Å². The lowest BCUT2D eigenvalue weighted by molar-refractivity contribution is -0.122. The van der Waals surface area contributed by atoms with Gasteiger partial charge in [-0.05, 0) is 0 Å². The monoisotopic (exact) mass is 86.0 g/mol. The number of rotatable bonds is 1. The van der Waals surface area contributed by atoms with Crippen molar-refractivity contribution in [3.8, 4) is 0 Å². The van der Waals surface area contributed by atoms with E-state index in [4.69, 9.17) is 0 Å². The zero-order valence-electron chi connectivity index (χ0n) is 3.30. The average Bonchev–Trinajstić information content (AvgIpc) is 1.35. The van der Waals surface area contributed by atoms with Gasteiger partial charge in [-0.1, -0.05) is 0 Å². The van der Waals surface area contributed by atoms with Crippen LogP contribution in [0, 0.1) is 0 Å². The molecule has 0 aromatic carbocycles. The Morgan fingerprint density at radius 3 is 2.33 bits per heavy atom. The highest BCUT2D eigenvalue weighted by molar-refractivity contribution is 6.55. The minimum atomic E-state index is -0.579. The van der Waals surface area contributed by atoms with Crippen molar-refractivity contribution in [1.82, 2.24) is 0 Å². The van der Waals surface area contributed by atoms with Crippen LogP contribution < -0.4 is 0 Å². The predicted molar refractivity (Wildman–Crippen MR) is 21.1 cm³/mol. The van der Waals surface area contributed by atoms with Gasteiger partial charge in [0.05, 0.1) is 0 Å². The third kappa shape index (κ3) is 3.20. The molecule has 3 nitrogen and oxygen atoms in total. The summed E-state index contributed by atoms with van der Waals surface area (Å²) in [6, 6.07) is 0. The van der Waals surface area contributed by atoms with Gasteiger partial charge in [-0.2, -0.15) is 0 Å². The minimum Gasteiger partial charge on any atom is -0.405 e. The van der Waals surface area contributed by atoms with Crippen LogP contribution in [-0.4, -0.2) is 20.2 Å². The van der Waals surface area contributed by atoms with Gasteiger partial charge in [0.2, 0.25) is 7.85 Å². The number of hydrogen-bond acceptors (Lipinski definition) is 3. The molecule has 0 aliphatic heterocycles. The van der Waals surface area contributed by atoms with Gasteiger partial charge in [0.25, 0.3) is 12.3 Å². The molecule has 0 aromatic heterocycles. The quantitative estimate of drug-likeness (QED) is 0.231. The molecule has 0 N–H and O–H groups in total. The number of hydrogen-bond donors (Lipinski definition) is 0. The maximum absolute atomic E-state index is 9.59. The van der Waals surface area contributed by atoms with Crippen LogP contribution in [0.2, 0.25) is 0 Å². The molecule has 0 amide bonds. The lowest BCUT2D eigenvalue weighted by Gasteiger charge is -1.79. The molecule has 0 saturated heterocycles. The first-order valence-electron chi connectivity index (χ1n) is 1.38. The second-order valence-electron chi connectivity index (χ2n) is 0.706. The van der Waals surface area contributed by atoms with Crippen LogP contribution in [-0.2, 0) is 9.53 Å². The Labute approximate surface area is 35.7 Å². The number of ether oxygens (including phenoxy) is 1. The van der Waals surface area contributed by atoms with Gasteiger partial charge >= 0.3 is 0 Å². The van der Waals surface area contributed by atoms with E-state index in [9.17, 15) is 9.59 Å². The Morgan fingerprint density at radius 1 is 1.83 bits per heavy atom. The van der Waals surface area contributed by atoms with Crippen molar-refractivity contribution in [2.24, 2.45) is 0 Å². The second kappa shape index (κ2) is 2.44. The fourth-order valence-corrected chi connectivity index (χ4v) is 0.0678. The van der Waals surface area contributed by atoms with Gasteiger partial charge in [-0.15, -0.1) is 0 Å². The van der Waals surface area contributed by atoms with Crippen LogP contribution in [0.25, 0.3) is 0 Å². The van der Waals surface area contributed by atoms with Crippen molar-refractivity contribution >= 4 is 20.2 Å². The van der Waals surface area contributed by atoms with E-state index in [-0.39, 0.29) is 6.47 Å². The third-order valence-electron chi connectivity index (χ3n) is 0.214. The molecule has 0 aliphatic carbocycles. The van der Waals surface area contributed by atoms with Gasteiger partial charge in [0, 0.05) is 0 Å². The van der Waals surface area contributed by atoms with Crippen LogP contribution in [0.4, 0.5) is 4.79 Å². The zero-order valence-corrected chi connectivity index (χ0v) is 3.30. The summed E-state index contributed by atoms with van der Waals surface area (Å²) in [6.45, 7) is 0.0995. The molecular formula is C2H3BO3. The Kier molecular flexibility index (Phi) is 2.12. The fraction of sp³-hybridized carbons (Fsp3) is 0. The fourth-order valence-electron chi connectivity index (χ4n) is 0.0678. The van der Waals surface area contributed by atoms with E-state index < -0.39 is 5.87 Å². The summed E-state index contributed by atoms with van der Waals surface area (Å²) in [4.78, 5) is 18.8. The molecule has 0 aromatic rings. The van der Waals surface area contributed by atoms with Crippen molar-refractivity contribution in [3.05, 3.63) is 0 Å². The summed E-state index contributed by atoms with van der Waals surface area (Å²) in [7, 11) is 1.16. The van der Waals surface area contributed by atoms with E-state index in [1.54, 1.807) is 0 Å². The summed E-state index contributed by atoms with van der Waals surface area (Å²) in [6.07, 6.45) is 0. The normalized spacial score (nSPS) is 6.67. The molecule has 0 rings (SSSR count). The molecule has 32 valence electrons. The van der Waals surface area contributed by atoms with Gasteiger partial charge in [-0.3, -0.25) is 9.59 Å². The molecule has 0 aliphatic rings. The molecule has 6 heavy (non-hydrogen) atoms. The smallest absolute Gasteiger partial charge is 0.300 e. The average molecular weight is 85.9 g/mol. The summed E-state index contributed by atoms with van der Waals surface area (Å²) >= 11 is 0. The topological polar surface area (TPSA) is 43.4 Å². The Hall–Kier alpha value is -0.795. The molecule has 4 heteroatoms. The van der Waals surface area contributed by atoms with E-state index in [0.29, 0.717) is 0 Å². The largest absolute Gasteiger partial charge is 0.405 e. The second-order valence-corrected chi connectivity index (χ2v) is 0.706. The van der Waals surface area contributed by atoms with Crippen LogP contribution in [0.15, 0.2) is 0 Å². The summed E-state index contributed by atoms with van der Waals surface area (Å²) in [5.41, 5.74) is 0. The molecule has 0 atom stereocenters. The SMILES string of the molecule is BC(=O)OC=O. The molecule has 0 bridgehead atoms. The van der Waals surface area contributed by atoms with E-state index in [1.165, 1.54) is 0 Å². The highest BCUT2D eigenvalue weighted by Gasteiger charge is 1.82.